The Morgan fingerprint density at radius 1 is 0.882 bits per heavy atom. The van der Waals surface area contributed by atoms with E-state index in [1.165, 1.54) is 36.7 Å². The molecule has 1 aliphatic heterocycles. The second kappa shape index (κ2) is 11.3. The fourth-order valence-electron chi connectivity index (χ4n) is 3.73. The van der Waals surface area contributed by atoms with Gasteiger partial charge in [0.25, 0.3) is 0 Å². The first kappa shape index (κ1) is 25.4. The number of aryl methyl sites for hydroxylation is 1. The van der Waals surface area contributed by atoms with Crippen LogP contribution in [0, 0.1) is 0 Å². The van der Waals surface area contributed by atoms with Crippen molar-refractivity contribution < 1.29 is 32.3 Å². The number of hydrogen-bond acceptors (Lipinski definition) is 7. The van der Waals surface area contributed by atoms with E-state index in [1.807, 2.05) is 0 Å². The number of esters is 2. The SMILES string of the molecule is COC(=O)c1cc(NC(=O)CCc2ccc(S(=O)(=O)N3CCCCC3)cc2)cc(C(=O)OC)c1. The summed E-state index contributed by atoms with van der Waals surface area (Å²) >= 11 is 0. The van der Waals surface area contributed by atoms with Crippen LogP contribution in [-0.2, 0) is 30.7 Å². The van der Waals surface area contributed by atoms with Gasteiger partial charge in [-0.05, 0) is 55.2 Å². The normalized spacial score (nSPS) is 14.3. The van der Waals surface area contributed by atoms with Crippen LogP contribution in [0.25, 0.3) is 0 Å². The first-order valence-electron chi connectivity index (χ1n) is 11.0. The van der Waals surface area contributed by atoms with E-state index in [4.69, 9.17) is 9.47 Å². The molecule has 34 heavy (non-hydrogen) atoms. The lowest BCUT2D eigenvalue weighted by molar-refractivity contribution is -0.116. The summed E-state index contributed by atoms with van der Waals surface area (Å²) in [5.74, 6) is -1.63. The number of nitrogens with one attached hydrogen (secondary N) is 1. The summed E-state index contributed by atoms with van der Waals surface area (Å²) in [7, 11) is -1.07. The molecule has 0 unspecified atom stereocenters. The van der Waals surface area contributed by atoms with Gasteiger partial charge in [0.1, 0.15) is 0 Å². The number of anilines is 1. The number of methoxy groups -OCH3 is 2. The maximum Gasteiger partial charge on any atom is 0.337 e. The van der Waals surface area contributed by atoms with Gasteiger partial charge in [0.15, 0.2) is 0 Å². The molecule has 1 saturated heterocycles. The molecule has 10 heteroatoms. The Bertz CT molecular complexity index is 1120. The van der Waals surface area contributed by atoms with Crippen molar-refractivity contribution in [3.8, 4) is 0 Å². The van der Waals surface area contributed by atoms with E-state index in [2.05, 4.69) is 5.32 Å². The van der Waals surface area contributed by atoms with Gasteiger partial charge in [-0.2, -0.15) is 4.31 Å². The minimum absolute atomic E-state index is 0.103. The van der Waals surface area contributed by atoms with Gasteiger partial charge >= 0.3 is 11.9 Å². The molecule has 2 aromatic rings. The summed E-state index contributed by atoms with van der Waals surface area (Å²) in [6, 6.07) is 10.7. The molecule has 0 radical (unpaired) electrons. The van der Waals surface area contributed by atoms with Crippen molar-refractivity contribution in [2.45, 2.75) is 37.0 Å². The zero-order valence-corrected chi connectivity index (χ0v) is 20.0. The van der Waals surface area contributed by atoms with Gasteiger partial charge in [-0.1, -0.05) is 18.6 Å². The summed E-state index contributed by atoms with van der Waals surface area (Å²) in [6.45, 7) is 1.08. The third-order valence-electron chi connectivity index (χ3n) is 5.58. The van der Waals surface area contributed by atoms with Crippen LogP contribution in [0.15, 0.2) is 47.4 Å². The quantitative estimate of drug-likeness (QED) is 0.567. The van der Waals surface area contributed by atoms with Crippen LogP contribution in [0.4, 0.5) is 5.69 Å². The van der Waals surface area contributed by atoms with Crippen molar-refractivity contribution in [3.05, 3.63) is 59.2 Å². The molecule has 1 amide bonds. The van der Waals surface area contributed by atoms with Crippen LogP contribution in [0.2, 0.25) is 0 Å². The molecule has 0 saturated carbocycles. The highest BCUT2D eigenvalue weighted by molar-refractivity contribution is 7.89. The zero-order chi connectivity index (χ0) is 24.7. The van der Waals surface area contributed by atoms with Gasteiger partial charge in [0.2, 0.25) is 15.9 Å². The second-order valence-electron chi connectivity index (χ2n) is 7.94. The molecule has 1 N–H and O–H groups in total. The predicted octanol–water partition coefficient (Wildman–Crippen LogP) is 3.01. The van der Waals surface area contributed by atoms with Crippen LogP contribution in [0.1, 0.15) is 52.0 Å². The van der Waals surface area contributed by atoms with E-state index in [1.54, 1.807) is 24.3 Å². The topological polar surface area (TPSA) is 119 Å². The predicted molar refractivity (Wildman–Crippen MR) is 125 cm³/mol. The third-order valence-corrected chi connectivity index (χ3v) is 7.49. The molecule has 0 bridgehead atoms. The minimum atomic E-state index is -3.50. The van der Waals surface area contributed by atoms with Gasteiger partial charge in [0, 0.05) is 25.2 Å². The van der Waals surface area contributed by atoms with Crippen LogP contribution in [0.5, 0.6) is 0 Å². The molecule has 2 aromatic carbocycles. The van der Waals surface area contributed by atoms with E-state index < -0.39 is 22.0 Å². The highest BCUT2D eigenvalue weighted by Crippen LogP contribution is 2.22. The third kappa shape index (κ3) is 6.21. The number of nitrogens with zero attached hydrogens (tertiary/aromatic N) is 1. The maximum atomic E-state index is 12.8. The minimum Gasteiger partial charge on any atom is -0.465 e. The number of piperidine rings is 1. The molecular formula is C24H28N2O7S. The number of benzene rings is 2. The summed E-state index contributed by atoms with van der Waals surface area (Å²) < 4.78 is 36.4. The monoisotopic (exact) mass is 488 g/mol. The van der Waals surface area contributed by atoms with Crippen LogP contribution in [-0.4, -0.2) is 57.9 Å². The van der Waals surface area contributed by atoms with Gasteiger partial charge < -0.3 is 14.8 Å². The van der Waals surface area contributed by atoms with E-state index >= 15 is 0 Å². The summed E-state index contributed by atoms with van der Waals surface area (Å²) in [4.78, 5) is 36.5. The standard InChI is InChI=1S/C24H28N2O7S/c1-32-23(28)18-14-19(24(29)33-2)16-20(15-18)25-22(27)11-8-17-6-9-21(10-7-17)34(30,31)26-12-4-3-5-13-26/h6-7,9-10,14-16H,3-5,8,11-13H2,1-2H3,(H,25,27). The maximum absolute atomic E-state index is 12.8. The van der Waals surface area contributed by atoms with E-state index in [0.717, 1.165) is 24.8 Å². The number of ether oxygens (including phenoxy) is 2. The zero-order valence-electron chi connectivity index (χ0n) is 19.2. The lowest BCUT2D eigenvalue weighted by Crippen LogP contribution is -2.35. The number of amides is 1. The van der Waals surface area contributed by atoms with E-state index in [0.29, 0.717) is 19.5 Å². The summed E-state index contributed by atoms with van der Waals surface area (Å²) in [5, 5.41) is 2.67. The fourth-order valence-corrected chi connectivity index (χ4v) is 5.25. The smallest absolute Gasteiger partial charge is 0.337 e. The molecule has 3 rings (SSSR count). The Balaban J connectivity index is 1.64. The average molecular weight is 489 g/mol. The van der Waals surface area contributed by atoms with Gasteiger partial charge in [-0.15, -0.1) is 0 Å². The van der Waals surface area contributed by atoms with Crippen molar-refractivity contribution in [1.82, 2.24) is 4.31 Å². The van der Waals surface area contributed by atoms with Crippen molar-refractivity contribution >= 4 is 33.6 Å². The Labute approximate surface area is 199 Å². The summed E-state index contributed by atoms with van der Waals surface area (Å²) in [6.07, 6.45) is 3.29. The number of carbonyl (C=O) groups excluding carboxylic acids is 3. The lowest BCUT2D eigenvalue weighted by Gasteiger charge is -2.25. The second-order valence-corrected chi connectivity index (χ2v) is 9.88. The molecule has 0 spiro atoms. The van der Waals surface area contributed by atoms with Crippen molar-refractivity contribution in [2.75, 3.05) is 32.6 Å². The van der Waals surface area contributed by atoms with Crippen LogP contribution in [0.3, 0.4) is 0 Å². The van der Waals surface area contributed by atoms with E-state index in [-0.39, 0.29) is 34.0 Å². The van der Waals surface area contributed by atoms with Crippen molar-refractivity contribution in [3.63, 3.8) is 0 Å². The van der Waals surface area contributed by atoms with Gasteiger partial charge in [-0.3, -0.25) is 4.79 Å². The average Bonchev–Trinajstić information content (AvgIpc) is 2.87. The van der Waals surface area contributed by atoms with E-state index in [9.17, 15) is 22.8 Å². The van der Waals surface area contributed by atoms with Crippen LogP contribution >= 0.6 is 0 Å². The first-order valence-corrected chi connectivity index (χ1v) is 12.4. The Morgan fingerprint density at radius 2 is 1.44 bits per heavy atom. The van der Waals surface area contributed by atoms with Crippen molar-refractivity contribution in [1.29, 1.82) is 0 Å². The van der Waals surface area contributed by atoms with Gasteiger partial charge in [0.05, 0.1) is 30.2 Å². The number of hydrogen-bond donors (Lipinski definition) is 1. The number of rotatable bonds is 8. The summed E-state index contributed by atoms with van der Waals surface area (Å²) in [5.41, 5.74) is 1.28. The Hall–Kier alpha value is -3.24. The molecule has 9 nitrogen and oxygen atoms in total. The molecule has 1 heterocycles. The molecule has 1 aliphatic rings. The largest absolute Gasteiger partial charge is 0.465 e. The highest BCUT2D eigenvalue weighted by Gasteiger charge is 2.25. The van der Waals surface area contributed by atoms with Gasteiger partial charge in [-0.25, -0.2) is 18.0 Å². The Morgan fingerprint density at radius 3 is 1.97 bits per heavy atom. The highest BCUT2D eigenvalue weighted by atomic mass is 32.2. The Kier molecular flexibility index (Phi) is 8.41. The number of carbonyl (C=O) groups is 3. The molecule has 0 aromatic heterocycles. The molecular weight excluding hydrogens is 460 g/mol. The fraction of sp³-hybridized carbons (Fsp3) is 0.375. The molecule has 0 atom stereocenters. The lowest BCUT2D eigenvalue weighted by atomic mass is 10.1. The molecule has 0 aliphatic carbocycles. The molecule has 1 fully saturated rings. The number of sulfonamides is 1. The first-order chi connectivity index (χ1) is 16.2. The van der Waals surface area contributed by atoms with Crippen LogP contribution < -0.4 is 5.32 Å². The molecule has 182 valence electrons. The van der Waals surface area contributed by atoms with Crippen molar-refractivity contribution in [2.24, 2.45) is 0 Å².